The SMILES string of the molecule is CCCCNC(=S)NNC(=O)[C@H](C)Oc1cccc(Br)c1. The van der Waals surface area contributed by atoms with E-state index in [1.165, 1.54) is 0 Å². The van der Waals surface area contributed by atoms with Crippen LogP contribution in [-0.4, -0.2) is 23.7 Å². The van der Waals surface area contributed by atoms with E-state index in [9.17, 15) is 4.79 Å². The van der Waals surface area contributed by atoms with Crippen molar-refractivity contribution >= 4 is 39.2 Å². The topological polar surface area (TPSA) is 62.4 Å². The maximum Gasteiger partial charge on any atom is 0.279 e. The van der Waals surface area contributed by atoms with E-state index in [1.54, 1.807) is 19.1 Å². The second-order valence-corrected chi connectivity index (χ2v) is 5.77. The summed E-state index contributed by atoms with van der Waals surface area (Å²) in [6, 6.07) is 7.32. The summed E-state index contributed by atoms with van der Waals surface area (Å²) >= 11 is 8.39. The molecule has 1 atom stereocenters. The average Bonchev–Trinajstić information content (AvgIpc) is 2.45. The first-order valence-electron chi connectivity index (χ1n) is 6.79. The highest BCUT2D eigenvalue weighted by Crippen LogP contribution is 2.18. The lowest BCUT2D eigenvalue weighted by Crippen LogP contribution is -2.50. The third kappa shape index (κ3) is 7.29. The summed E-state index contributed by atoms with van der Waals surface area (Å²) in [6.45, 7) is 4.55. The predicted octanol–water partition coefficient (Wildman–Crippen LogP) is 2.51. The van der Waals surface area contributed by atoms with Crippen LogP contribution in [0.5, 0.6) is 5.75 Å². The van der Waals surface area contributed by atoms with Crippen LogP contribution in [0.2, 0.25) is 0 Å². The van der Waals surface area contributed by atoms with Gasteiger partial charge >= 0.3 is 0 Å². The van der Waals surface area contributed by atoms with Crippen molar-refractivity contribution in [3.8, 4) is 5.75 Å². The Balaban J connectivity index is 2.32. The van der Waals surface area contributed by atoms with Gasteiger partial charge in [-0.2, -0.15) is 0 Å². The predicted molar refractivity (Wildman–Crippen MR) is 91.0 cm³/mol. The lowest BCUT2D eigenvalue weighted by atomic mass is 10.3. The van der Waals surface area contributed by atoms with Crippen molar-refractivity contribution in [1.29, 1.82) is 0 Å². The number of hydrogen-bond donors (Lipinski definition) is 3. The molecule has 0 aliphatic rings. The molecule has 0 radical (unpaired) electrons. The van der Waals surface area contributed by atoms with Gasteiger partial charge in [0.05, 0.1) is 0 Å². The number of halogens is 1. The molecular weight excluding hydrogens is 354 g/mol. The summed E-state index contributed by atoms with van der Waals surface area (Å²) in [5.74, 6) is 0.324. The van der Waals surface area contributed by atoms with Crippen molar-refractivity contribution in [3.63, 3.8) is 0 Å². The Kier molecular flexibility index (Phi) is 8.07. The van der Waals surface area contributed by atoms with Crippen LogP contribution in [-0.2, 0) is 4.79 Å². The third-order valence-electron chi connectivity index (χ3n) is 2.59. The van der Waals surface area contributed by atoms with Crippen molar-refractivity contribution in [2.75, 3.05) is 6.54 Å². The van der Waals surface area contributed by atoms with Gasteiger partial charge in [0.25, 0.3) is 5.91 Å². The molecule has 1 aromatic carbocycles. The van der Waals surface area contributed by atoms with Crippen LogP contribution < -0.4 is 20.9 Å². The molecule has 0 unspecified atom stereocenters. The molecule has 7 heteroatoms. The second kappa shape index (κ2) is 9.57. The van der Waals surface area contributed by atoms with Crippen LogP contribution >= 0.6 is 28.1 Å². The lowest BCUT2D eigenvalue weighted by Gasteiger charge is -2.16. The fourth-order valence-electron chi connectivity index (χ4n) is 1.44. The molecule has 116 valence electrons. The average molecular weight is 374 g/mol. The molecule has 0 aliphatic carbocycles. The van der Waals surface area contributed by atoms with Gasteiger partial charge in [-0.1, -0.05) is 35.3 Å². The summed E-state index contributed by atoms with van der Waals surface area (Å²) in [7, 11) is 0. The van der Waals surface area contributed by atoms with E-state index in [4.69, 9.17) is 17.0 Å². The van der Waals surface area contributed by atoms with Crippen molar-refractivity contribution in [3.05, 3.63) is 28.7 Å². The molecule has 0 bridgehead atoms. The Labute approximate surface area is 138 Å². The number of amides is 1. The van der Waals surface area contributed by atoms with Crippen LogP contribution in [0.4, 0.5) is 0 Å². The molecule has 0 spiro atoms. The summed E-state index contributed by atoms with van der Waals surface area (Å²) < 4.78 is 6.44. The Bertz CT molecular complexity index is 485. The molecule has 21 heavy (non-hydrogen) atoms. The normalized spacial score (nSPS) is 11.4. The van der Waals surface area contributed by atoms with Crippen LogP contribution in [0.1, 0.15) is 26.7 Å². The maximum absolute atomic E-state index is 11.9. The Morgan fingerprint density at radius 1 is 1.43 bits per heavy atom. The second-order valence-electron chi connectivity index (χ2n) is 4.44. The molecule has 0 fully saturated rings. The number of nitrogens with one attached hydrogen (secondary N) is 3. The zero-order valence-electron chi connectivity index (χ0n) is 12.1. The van der Waals surface area contributed by atoms with Crippen LogP contribution in [0.15, 0.2) is 28.7 Å². The Morgan fingerprint density at radius 3 is 2.86 bits per heavy atom. The summed E-state index contributed by atoms with van der Waals surface area (Å²) in [6.07, 6.45) is 1.47. The van der Waals surface area contributed by atoms with Crippen LogP contribution in [0, 0.1) is 0 Å². The van der Waals surface area contributed by atoms with Crippen molar-refractivity contribution < 1.29 is 9.53 Å². The highest BCUT2D eigenvalue weighted by molar-refractivity contribution is 9.10. The minimum atomic E-state index is -0.634. The van der Waals surface area contributed by atoms with Gasteiger partial charge < -0.3 is 10.1 Å². The van der Waals surface area contributed by atoms with E-state index in [0.717, 1.165) is 23.9 Å². The van der Waals surface area contributed by atoms with Gasteiger partial charge in [-0.3, -0.25) is 15.6 Å². The van der Waals surface area contributed by atoms with Crippen LogP contribution in [0.3, 0.4) is 0 Å². The van der Waals surface area contributed by atoms with E-state index < -0.39 is 6.10 Å². The number of unbranched alkanes of at least 4 members (excludes halogenated alkanes) is 1. The van der Waals surface area contributed by atoms with Gasteiger partial charge in [0.1, 0.15) is 5.75 Å². The van der Waals surface area contributed by atoms with Crippen LogP contribution in [0.25, 0.3) is 0 Å². The van der Waals surface area contributed by atoms with Gasteiger partial charge in [-0.15, -0.1) is 0 Å². The number of benzene rings is 1. The lowest BCUT2D eigenvalue weighted by molar-refractivity contribution is -0.127. The van der Waals surface area contributed by atoms with E-state index in [2.05, 4.69) is 39.0 Å². The first-order valence-corrected chi connectivity index (χ1v) is 7.99. The zero-order valence-corrected chi connectivity index (χ0v) is 14.5. The first kappa shape index (κ1) is 17.7. The molecule has 1 rings (SSSR count). The number of hydrogen-bond acceptors (Lipinski definition) is 3. The van der Waals surface area contributed by atoms with Crippen molar-refractivity contribution in [2.24, 2.45) is 0 Å². The number of carbonyl (C=O) groups excluding carboxylic acids is 1. The summed E-state index contributed by atoms with van der Waals surface area (Å²) in [5.41, 5.74) is 5.17. The molecule has 1 aromatic rings. The molecular formula is C14H20BrN3O2S. The van der Waals surface area contributed by atoms with E-state index in [-0.39, 0.29) is 5.91 Å². The molecule has 0 heterocycles. The number of hydrazine groups is 1. The molecule has 0 saturated heterocycles. The van der Waals surface area contributed by atoms with E-state index in [0.29, 0.717) is 10.9 Å². The highest BCUT2D eigenvalue weighted by atomic mass is 79.9. The van der Waals surface area contributed by atoms with Gasteiger partial charge in [0, 0.05) is 11.0 Å². The van der Waals surface area contributed by atoms with Gasteiger partial charge in [-0.25, -0.2) is 0 Å². The minimum absolute atomic E-state index is 0.297. The Hall–Kier alpha value is -1.34. The number of carbonyl (C=O) groups is 1. The molecule has 0 saturated carbocycles. The summed E-state index contributed by atoms with van der Waals surface area (Å²) in [4.78, 5) is 11.9. The fourth-order valence-corrected chi connectivity index (χ4v) is 1.97. The van der Waals surface area contributed by atoms with E-state index in [1.807, 2.05) is 12.1 Å². The number of rotatable bonds is 6. The smallest absolute Gasteiger partial charge is 0.279 e. The van der Waals surface area contributed by atoms with Crippen molar-refractivity contribution in [2.45, 2.75) is 32.8 Å². The number of ether oxygens (including phenoxy) is 1. The van der Waals surface area contributed by atoms with E-state index >= 15 is 0 Å². The Morgan fingerprint density at radius 2 is 2.19 bits per heavy atom. The fraction of sp³-hybridized carbons (Fsp3) is 0.429. The number of thiocarbonyl (C=S) groups is 1. The third-order valence-corrected chi connectivity index (χ3v) is 3.33. The maximum atomic E-state index is 11.9. The van der Waals surface area contributed by atoms with Gasteiger partial charge in [0.2, 0.25) is 0 Å². The minimum Gasteiger partial charge on any atom is -0.481 e. The molecule has 0 aromatic heterocycles. The van der Waals surface area contributed by atoms with Crippen molar-refractivity contribution in [1.82, 2.24) is 16.2 Å². The standard InChI is InChI=1S/C14H20BrN3O2S/c1-3-4-8-16-14(21)18-17-13(19)10(2)20-12-7-5-6-11(15)9-12/h5-7,9-10H,3-4,8H2,1-2H3,(H,17,19)(H2,16,18,21)/t10-/m0/s1. The molecule has 5 nitrogen and oxygen atoms in total. The van der Waals surface area contributed by atoms with Gasteiger partial charge in [-0.05, 0) is 43.8 Å². The van der Waals surface area contributed by atoms with Gasteiger partial charge in [0.15, 0.2) is 11.2 Å². The zero-order chi connectivity index (χ0) is 15.7. The largest absolute Gasteiger partial charge is 0.481 e. The molecule has 0 aliphatic heterocycles. The molecule has 3 N–H and O–H groups in total. The summed E-state index contributed by atoms with van der Waals surface area (Å²) in [5, 5.41) is 3.39. The highest BCUT2D eigenvalue weighted by Gasteiger charge is 2.14. The molecule has 1 amide bonds. The monoisotopic (exact) mass is 373 g/mol. The first-order chi connectivity index (χ1) is 10.0. The quantitative estimate of drug-likeness (QED) is 0.406.